The van der Waals surface area contributed by atoms with Crippen LogP contribution in [0.25, 0.3) is 0 Å². The summed E-state index contributed by atoms with van der Waals surface area (Å²) in [6, 6.07) is 24.2. The molecule has 1 atom stereocenters. The molecule has 0 radical (unpaired) electrons. The maximum atomic E-state index is 13.5. The number of ether oxygens (including phenoxy) is 1. The van der Waals surface area contributed by atoms with Gasteiger partial charge in [0, 0.05) is 12.1 Å². The second kappa shape index (κ2) is 8.36. The van der Waals surface area contributed by atoms with Gasteiger partial charge < -0.3 is 4.74 Å². The lowest BCUT2D eigenvalue weighted by molar-refractivity contribution is 0.414. The monoisotopic (exact) mass is 419 g/mol. The maximum Gasteiger partial charge on any atom is 0.268 e. The molecule has 1 aliphatic rings. The van der Waals surface area contributed by atoms with Gasteiger partial charge in [-0.15, -0.1) is 0 Å². The normalized spacial score (nSPS) is 17.4. The molecule has 3 aromatic rings. The molecule has 1 fully saturated rings. The highest BCUT2D eigenvalue weighted by Crippen LogP contribution is 2.43. The van der Waals surface area contributed by atoms with E-state index in [4.69, 9.17) is 4.74 Å². The number of nitrogens with zero attached hydrogens (tertiary/aromatic N) is 1. The van der Waals surface area contributed by atoms with E-state index < -0.39 is 10.0 Å². The zero-order valence-corrected chi connectivity index (χ0v) is 18.0. The highest BCUT2D eigenvalue weighted by atomic mass is 32.2. The summed E-state index contributed by atoms with van der Waals surface area (Å²) in [6.07, 6.45) is 3.69. The quantitative estimate of drug-likeness (QED) is 0.518. The standard InChI is InChI=1S/C25H25NO3S/c1-19-8-15-24(16-9-19)30(27,28)26(22-6-4-3-5-7-22)18-21-12-17-25(21)20-10-13-23(29-2)14-11-20/h3-11,13-16,18,25H,12,17H2,1-2H3/b21-18-. The summed E-state index contributed by atoms with van der Waals surface area (Å²) in [5, 5.41) is 0. The minimum Gasteiger partial charge on any atom is -0.497 e. The van der Waals surface area contributed by atoms with Crippen molar-refractivity contribution in [3.8, 4) is 5.75 Å². The van der Waals surface area contributed by atoms with Gasteiger partial charge in [-0.1, -0.05) is 48.0 Å². The fourth-order valence-corrected chi connectivity index (χ4v) is 5.04. The van der Waals surface area contributed by atoms with Crippen LogP contribution in [0.2, 0.25) is 0 Å². The predicted molar refractivity (Wildman–Crippen MR) is 120 cm³/mol. The molecule has 0 N–H and O–H groups in total. The van der Waals surface area contributed by atoms with Gasteiger partial charge in [-0.05, 0) is 67.3 Å². The van der Waals surface area contributed by atoms with Gasteiger partial charge in [0.2, 0.25) is 0 Å². The second-order valence-electron chi connectivity index (χ2n) is 7.52. The molecular formula is C25H25NO3S. The Balaban J connectivity index is 1.72. The molecule has 1 saturated carbocycles. The van der Waals surface area contributed by atoms with Crippen molar-refractivity contribution in [1.82, 2.24) is 0 Å². The van der Waals surface area contributed by atoms with Gasteiger partial charge in [0.15, 0.2) is 0 Å². The molecule has 0 heterocycles. The maximum absolute atomic E-state index is 13.5. The first-order valence-electron chi connectivity index (χ1n) is 10.00. The van der Waals surface area contributed by atoms with Crippen LogP contribution in [0.1, 0.15) is 29.9 Å². The van der Waals surface area contributed by atoms with E-state index in [0.717, 1.165) is 29.7 Å². The molecule has 1 aliphatic carbocycles. The largest absolute Gasteiger partial charge is 0.497 e. The van der Waals surface area contributed by atoms with E-state index in [2.05, 4.69) is 12.1 Å². The third-order valence-corrected chi connectivity index (χ3v) is 7.26. The molecule has 3 aromatic carbocycles. The first-order valence-corrected chi connectivity index (χ1v) is 11.4. The number of hydrogen-bond donors (Lipinski definition) is 0. The lowest BCUT2D eigenvalue weighted by Gasteiger charge is -2.33. The summed E-state index contributed by atoms with van der Waals surface area (Å²) in [4.78, 5) is 0.286. The molecule has 5 heteroatoms. The molecule has 0 saturated heterocycles. The average Bonchev–Trinajstić information content (AvgIpc) is 2.74. The zero-order valence-electron chi connectivity index (χ0n) is 17.2. The number of allylic oxidation sites excluding steroid dienone is 1. The number of anilines is 1. The van der Waals surface area contributed by atoms with Crippen molar-refractivity contribution >= 4 is 15.7 Å². The van der Waals surface area contributed by atoms with Gasteiger partial charge in [-0.3, -0.25) is 0 Å². The van der Waals surface area contributed by atoms with Crippen LogP contribution in [0.5, 0.6) is 5.75 Å². The number of sulfonamides is 1. The van der Waals surface area contributed by atoms with Gasteiger partial charge in [-0.25, -0.2) is 12.7 Å². The lowest BCUT2D eigenvalue weighted by Crippen LogP contribution is -2.28. The number of para-hydroxylation sites is 1. The summed E-state index contributed by atoms with van der Waals surface area (Å²) in [5.74, 6) is 1.03. The highest BCUT2D eigenvalue weighted by Gasteiger charge is 2.30. The molecule has 0 spiro atoms. The topological polar surface area (TPSA) is 46.6 Å². The third kappa shape index (κ3) is 3.98. The number of benzene rings is 3. The first kappa shape index (κ1) is 20.2. The van der Waals surface area contributed by atoms with Crippen LogP contribution >= 0.6 is 0 Å². The number of aryl methyl sites for hydroxylation is 1. The number of methoxy groups -OCH3 is 1. The van der Waals surface area contributed by atoms with Gasteiger partial charge in [-0.2, -0.15) is 0 Å². The summed E-state index contributed by atoms with van der Waals surface area (Å²) in [7, 11) is -2.07. The summed E-state index contributed by atoms with van der Waals surface area (Å²) in [5.41, 5.74) is 3.94. The molecular weight excluding hydrogens is 394 g/mol. The van der Waals surface area contributed by atoms with Crippen LogP contribution in [0, 0.1) is 6.92 Å². The molecule has 1 unspecified atom stereocenters. The van der Waals surface area contributed by atoms with E-state index in [1.54, 1.807) is 19.2 Å². The highest BCUT2D eigenvalue weighted by molar-refractivity contribution is 7.93. The van der Waals surface area contributed by atoms with Gasteiger partial charge in [0.05, 0.1) is 17.7 Å². The smallest absolute Gasteiger partial charge is 0.268 e. The van der Waals surface area contributed by atoms with Crippen molar-refractivity contribution in [2.75, 3.05) is 11.4 Å². The molecule has 30 heavy (non-hydrogen) atoms. The minimum absolute atomic E-state index is 0.218. The molecule has 0 aromatic heterocycles. The molecule has 0 bridgehead atoms. The molecule has 4 nitrogen and oxygen atoms in total. The van der Waals surface area contributed by atoms with E-state index in [1.807, 2.05) is 67.7 Å². The van der Waals surface area contributed by atoms with Crippen molar-refractivity contribution < 1.29 is 13.2 Å². The van der Waals surface area contributed by atoms with E-state index >= 15 is 0 Å². The Morgan fingerprint density at radius 1 is 0.933 bits per heavy atom. The summed E-state index contributed by atoms with van der Waals surface area (Å²) >= 11 is 0. The summed E-state index contributed by atoms with van der Waals surface area (Å²) in [6.45, 7) is 1.95. The van der Waals surface area contributed by atoms with Crippen molar-refractivity contribution in [2.45, 2.75) is 30.6 Å². The van der Waals surface area contributed by atoms with Crippen LogP contribution in [0.4, 0.5) is 5.69 Å². The van der Waals surface area contributed by atoms with E-state index in [1.165, 1.54) is 9.87 Å². The number of rotatable bonds is 6. The molecule has 154 valence electrons. The molecule has 0 amide bonds. The average molecular weight is 420 g/mol. The Morgan fingerprint density at radius 3 is 2.17 bits per heavy atom. The van der Waals surface area contributed by atoms with Crippen LogP contribution in [0.15, 0.2) is 95.5 Å². The van der Waals surface area contributed by atoms with Crippen molar-refractivity contribution in [3.63, 3.8) is 0 Å². The van der Waals surface area contributed by atoms with Crippen molar-refractivity contribution in [3.05, 3.63) is 102 Å². The van der Waals surface area contributed by atoms with E-state index in [-0.39, 0.29) is 10.8 Å². The fourth-order valence-electron chi connectivity index (χ4n) is 3.66. The predicted octanol–water partition coefficient (Wildman–Crippen LogP) is 5.66. The van der Waals surface area contributed by atoms with Gasteiger partial charge >= 0.3 is 0 Å². The third-order valence-electron chi connectivity index (χ3n) is 5.56. The van der Waals surface area contributed by atoms with Crippen LogP contribution in [-0.4, -0.2) is 15.5 Å². The molecule has 0 aliphatic heterocycles. The Kier molecular flexibility index (Phi) is 5.64. The van der Waals surface area contributed by atoms with Crippen LogP contribution in [0.3, 0.4) is 0 Å². The van der Waals surface area contributed by atoms with Crippen molar-refractivity contribution in [1.29, 1.82) is 0 Å². The van der Waals surface area contributed by atoms with E-state index in [0.29, 0.717) is 5.69 Å². The number of hydrogen-bond acceptors (Lipinski definition) is 3. The van der Waals surface area contributed by atoms with E-state index in [9.17, 15) is 8.42 Å². The Bertz CT molecular complexity index is 1140. The first-order chi connectivity index (χ1) is 14.5. The fraction of sp³-hybridized carbons (Fsp3) is 0.200. The second-order valence-corrected chi connectivity index (χ2v) is 9.33. The zero-order chi connectivity index (χ0) is 21.1. The van der Waals surface area contributed by atoms with Crippen molar-refractivity contribution in [2.24, 2.45) is 0 Å². The van der Waals surface area contributed by atoms with Gasteiger partial charge in [0.1, 0.15) is 5.75 Å². The van der Waals surface area contributed by atoms with Crippen LogP contribution in [-0.2, 0) is 10.0 Å². The minimum atomic E-state index is -3.72. The van der Waals surface area contributed by atoms with Gasteiger partial charge in [0.25, 0.3) is 10.0 Å². The Hall–Kier alpha value is -3.05. The molecule has 4 rings (SSSR count). The summed E-state index contributed by atoms with van der Waals surface area (Å²) < 4.78 is 33.7. The van der Waals surface area contributed by atoms with Crippen LogP contribution < -0.4 is 9.04 Å². The SMILES string of the molecule is COc1ccc(C2CC/C2=C/N(c2ccccc2)S(=O)(=O)c2ccc(C)cc2)cc1. The lowest BCUT2D eigenvalue weighted by atomic mass is 9.75. The Morgan fingerprint density at radius 2 is 1.60 bits per heavy atom. The Labute approximate surface area is 178 Å².